The van der Waals surface area contributed by atoms with Crippen LogP contribution in [-0.4, -0.2) is 40.6 Å². The molecule has 0 spiro atoms. The Balaban J connectivity index is 1.99. The topological polar surface area (TPSA) is 52.0 Å². The van der Waals surface area contributed by atoms with E-state index in [0.717, 1.165) is 38.2 Å². The van der Waals surface area contributed by atoms with Crippen LogP contribution >= 0.6 is 0 Å². The van der Waals surface area contributed by atoms with Crippen LogP contribution in [0, 0.1) is 0 Å². The molecule has 2 heterocycles. The van der Waals surface area contributed by atoms with Gasteiger partial charge in [-0.05, 0) is 26.3 Å². The molecule has 1 aliphatic heterocycles. The third-order valence-corrected chi connectivity index (χ3v) is 3.32. The number of hydrogen-bond donors (Lipinski definition) is 1. The molecule has 0 bridgehead atoms. The number of nitrogens with zero attached hydrogens (tertiary/aromatic N) is 3. The molecular weight excluding hydrogens is 216 g/mol. The lowest BCUT2D eigenvalue weighted by Gasteiger charge is -2.22. The molecule has 0 radical (unpaired) electrons. The van der Waals surface area contributed by atoms with Gasteiger partial charge in [-0.1, -0.05) is 6.92 Å². The third kappa shape index (κ3) is 3.04. The molecule has 1 N–H and O–H groups in total. The molecule has 17 heavy (non-hydrogen) atoms. The van der Waals surface area contributed by atoms with E-state index in [2.05, 4.69) is 22.3 Å². The Kier molecular flexibility index (Phi) is 4.50. The van der Waals surface area contributed by atoms with Crippen LogP contribution in [-0.2, 0) is 17.7 Å². The van der Waals surface area contributed by atoms with E-state index in [0.29, 0.717) is 12.1 Å². The molecule has 0 aliphatic carbocycles. The zero-order valence-corrected chi connectivity index (χ0v) is 10.7. The molecule has 1 saturated heterocycles. The second-order valence-corrected chi connectivity index (χ2v) is 4.55. The predicted molar refractivity (Wildman–Crippen MR) is 65.8 cm³/mol. The monoisotopic (exact) mass is 238 g/mol. The minimum Gasteiger partial charge on any atom is -0.377 e. The van der Waals surface area contributed by atoms with Crippen LogP contribution in [0.5, 0.6) is 0 Å². The maximum atomic E-state index is 5.73. The molecule has 5 heteroatoms. The lowest BCUT2D eigenvalue weighted by molar-refractivity contribution is 0.0798. The normalized spacial score (nSPS) is 21.9. The lowest BCUT2D eigenvalue weighted by atomic mass is 10.0. The Labute approximate surface area is 103 Å². The molecular formula is C12H22N4O. The van der Waals surface area contributed by atoms with Gasteiger partial charge in [0.2, 0.25) is 0 Å². The van der Waals surface area contributed by atoms with E-state index >= 15 is 0 Å². The first-order valence-corrected chi connectivity index (χ1v) is 6.50. The van der Waals surface area contributed by atoms with Crippen molar-refractivity contribution in [2.75, 3.05) is 13.7 Å². The van der Waals surface area contributed by atoms with Crippen LogP contribution in [0.2, 0.25) is 0 Å². The van der Waals surface area contributed by atoms with Crippen LogP contribution < -0.4 is 5.32 Å². The lowest BCUT2D eigenvalue weighted by Crippen LogP contribution is -2.39. The zero-order valence-electron chi connectivity index (χ0n) is 10.7. The van der Waals surface area contributed by atoms with Crippen LogP contribution in [0.4, 0.5) is 0 Å². The molecule has 1 fully saturated rings. The second-order valence-electron chi connectivity index (χ2n) is 4.55. The SMILES string of the molecule is CCCn1ncnc1CC(NC)C1CCCO1. The van der Waals surface area contributed by atoms with Crippen molar-refractivity contribution in [2.45, 2.75) is 51.3 Å². The fourth-order valence-corrected chi connectivity index (χ4v) is 2.38. The summed E-state index contributed by atoms with van der Waals surface area (Å²) in [5, 5.41) is 7.60. The highest BCUT2D eigenvalue weighted by molar-refractivity contribution is 4.93. The largest absolute Gasteiger partial charge is 0.377 e. The maximum absolute atomic E-state index is 5.73. The van der Waals surface area contributed by atoms with E-state index in [-0.39, 0.29) is 0 Å². The zero-order chi connectivity index (χ0) is 12.1. The van der Waals surface area contributed by atoms with Gasteiger partial charge in [-0.15, -0.1) is 0 Å². The van der Waals surface area contributed by atoms with Gasteiger partial charge < -0.3 is 10.1 Å². The van der Waals surface area contributed by atoms with E-state index in [1.54, 1.807) is 6.33 Å². The Morgan fingerprint density at radius 2 is 2.53 bits per heavy atom. The Morgan fingerprint density at radius 1 is 1.65 bits per heavy atom. The fraction of sp³-hybridized carbons (Fsp3) is 0.833. The summed E-state index contributed by atoms with van der Waals surface area (Å²) in [6.45, 7) is 3.99. The number of nitrogens with one attached hydrogen (secondary N) is 1. The van der Waals surface area contributed by atoms with Crippen molar-refractivity contribution in [3.63, 3.8) is 0 Å². The van der Waals surface area contributed by atoms with Crippen LogP contribution in [0.1, 0.15) is 32.0 Å². The third-order valence-electron chi connectivity index (χ3n) is 3.32. The predicted octanol–water partition coefficient (Wildman–Crippen LogP) is 0.998. The Morgan fingerprint density at radius 3 is 3.18 bits per heavy atom. The van der Waals surface area contributed by atoms with Crippen molar-refractivity contribution in [2.24, 2.45) is 0 Å². The first-order chi connectivity index (χ1) is 8.35. The molecule has 1 aromatic heterocycles. The van der Waals surface area contributed by atoms with Gasteiger partial charge in [0.1, 0.15) is 12.2 Å². The number of likely N-dealkylation sites (N-methyl/N-ethyl adjacent to an activating group) is 1. The molecule has 2 rings (SSSR count). The summed E-state index contributed by atoms with van der Waals surface area (Å²) in [6, 6.07) is 0.345. The minimum absolute atomic E-state index is 0.326. The standard InChI is InChI=1S/C12H22N4O/c1-3-6-16-12(14-9-15-16)8-10(13-2)11-5-4-7-17-11/h9-11,13H,3-8H2,1-2H3. The number of rotatable bonds is 6. The average Bonchev–Trinajstić information content (AvgIpc) is 2.97. The van der Waals surface area contributed by atoms with Crippen molar-refractivity contribution in [1.82, 2.24) is 20.1 Å². The van der Waals surface area contributed by atoms with Crippen molar-refractivity contribution < 1.29 is 4.74 Å². The summed E-state index contributed by atoms with van der Waals surface area (Å²) in [6.07, 6.45) is 6.26. The number of aromatic nitrogens is 3. The van der Waals surface area contributed by atoms with Crippen molar-refractivity contribution in [3.05, 3.63) is 12.2 Å². The van der Waals surface area contributed by atoms with Crippen molar-refractivity contribution in [3.8, 4) is 0 Å². The van der Waals surface area contributed by atoms with Crippen LogP contribution in [0.25, 0.3) is 0 Å². The summed E-state index contributed by atoms with van der Waals surface area (Å²) in [5.41, 5.74) is 0. The summed E-state index contributed by atoms with van der Waals surface area (Å²) >= 11 is 0. The first kappa shape index (κ1) is 12.5. The van der Waals surface area contributed by atoms with Crippen molar-refractivity contribution in [1.29, 1.82) is 0 Å². The van der Waals surface area contributed by atoms with E-state index < -0.39 is 0 Å². The van der Waals surface area contributed by atoms with Gasteiger partial charge >= 0.3 is 0 Å². The average molecular weight is 238 g/mol. The quantitative estimate of drug-likeness (QED) is 0.803. The molecule has 0 amide bonds. The highest BCUT2D eigenvalue weighted by Gasteiger charge is 2.26. The van der Waals surface area contributed by atoms with Gasteiger partial charge in [-0.25, -0.2) is 4.98 Å². The van der Waals surface area contributed by atoms with Crippen LogP contribution in [0.15, 0.2) is 6.33 Å². The number of hydrogen-bond acceptors (Lipinski definition) is 4. The summed E-state index contributed by atoms with van der Waals surface area (Å²) in [7, 11) is 1.99. The number of ether oxygens (including phenoxy) is 1. The van der Waals surface area contributed by atoms with E-state index in [1.807, 2.05) is 11.7 Å². The number of aryl methyl sites for hydroxylation is 1. The molecule has 1 aromatic rings. The highest BCUT2D eigenvalue weighted by Crippen LogP contribution is 2.17. The van der Waals surface area contributed by atoms with Gasteiger partial charge in [0.25, 0.3) is 0 Å². The Hall–Kier alpha value is -0.940. The van der Waals surface area contributed by atoms with Crippen LogP contribution in [0.3, 0.4) is 0 Å². The highest BCUT2D eigenvalue weighted by atomic mass is 16.5. The molecule has 0 aromatic carbocycles. The molecule has 2 atom stereocenters. The first-order valence-electron chi connectivity index (χ1n) is 6.50. The second kappa shape index (κ2) is 6.12. The van der Waals surface area contributed by atoms with Crippen molar-refractivity contribution >= 4 is 0 Å². The van der Waals surface area contributed by atoms with E-state index in [1.165, 1.54) is 6.42 Å². The van der Waals surface area contributed by atoms with Gasteiger partial charge in [0, 0.05) is 25.6 Å². The van der Waals surface area contributed by atoms with E-state index in [9.17, 15) is 0 Å². The van der Waals surface area contributed by atoms with Gasteiger partial charge in [0.05, 0.1) is 6.10 Å². The smallest absolute Gasteiger partial charge is 0.138 e. The summed E-state index contributed by atoms with van der Waals surface area (Å²) < 4.78 is 7.73. The van der Waals surface area contributed by atoms with Gasteiger partial charge in [0.15, 0.2) is 0 Å². The van der Waals surface area contributed by atoms with E-state index in [4.69, 9.17) is 4.74 Å². The Bertz CT molecular complexity index is 333. The summed E-state index contributed by atoms with van der Waals surface area (Å²) in [4.78, 5) is 4.35. The molecule has 5 nitrogen and oxygen atoms in total. The van der Waals surface area contributed by atoms with Gasteiger partial charge in [-0.3, -0.25) is 4.68 Å². The molecule has 0 saturated carbocycles. The molecule has 1 aliphatic rings. The molecule has 96 valence electrons. The van der Waals surface area contributed by atoms with Gasteiger partial charge in [-0.2, -0.15) is 5.10 Å². The fourth-order valence-electron chi connectivity index (χ4n) is 2.38. The minimum atomic E-state index is 0.326. The maximum Gasteiger partial charge on any atom is 0.138 e. The molecule has 2 unspecified atom stereocenters. The summed E-state index contributed by atoms with van der Waals surface area (Å²) in [5.74, 6) is 1.06.